The van der Waals surface area contributed by atoms with E-state index in [1.807, 2.05) is 48.5 Å². The second-order valence-electron chi connectivity index (χ2n) is 13.6. The molecule has 2 heterocycles. The van der Waals surface area contributed by atoms with Crippen molar-refractivity contribution in [1.82, 2.24) is 10.2 Å². The van der Waals surface area contributed by atoms with E-state index in [1.165, 1.54) is 0 Å². The summed E-state index contributed by atoms with van der Waals surface area (Å²) in [5.74, 6) is -0.0748. The number of amides is 2. The standard InChI is InChI=1S/C42H50N4O6/c43-37-9-4-5-10-38(37)45-41(49)12-3-1-2-11-40(48)44-27-31-7-6-8-35(25-31)32-17-19-34(20-18-32)42-51-36(28-46-21-23-50-24-22-46)26-39(52-42)33-15-13-30(29-47)14-16-33/h4-10,13-20,25,36,39,42,47H,1-3,11-12,21-24,26-29,43H2,(H,44,48)(H,45,49). The molecule has 0 spiro atoms. The van der Waals surface area contributed by atoms with Gasteiger partial charge in [-0.3, -0.25) is 14.5 Å². The van der Waals surface area contributed by atoms with Gasteiger partial charge >= 0.3 is 0 Å². The van der Waals surface area contributed by atoms with Crippen LogP contribution >= 0.6 is 0 Å². The summed E-state index contributed by atoms with van der Waals surface area (Å²) in [7, 11) is 0. The molecule has 2 aliphatic heterocycles. The maximum atomic E-state index is 12.6. The van der Waals surface area contributed by atoms with Crippen molar-refractivity contribution in [3.8, 4) is 11.1 Å². The summed E-state index contributed by atoms with van der Waals surface area (Å²) in [5.41, 5.74) is 13.1. The first-order valence-electron chi connectivity index (χ1n) is 18.3. The van der Waals surface area contributed by atoms with Gasteiger partial charge in [0.15, 0.2) is 6.29 Å². The molecule has 2 saturated heterocycles. The van der Waals surface area contributed by atoms with E-state index in [2.05, 4.69) is 51.9 Å². The quantitative estimate of drug-likeness (QED) is 0.0812. The number of unbranched alkanes of at least 4 members (excludes halogenated alkanes) is 2. The van der Waals surface area contributed by atoms with Crippen LogP contribution in [-0.2, 0) is 37.0 Å². The number of para-hydroxylation sites is 2. The predicted octanol–water partition coefficient (Wildman–Crippen LogP) is 6.51. The summed E-state index contributed by atoms with van der Waals surface area (Å²) < 4.78 is 18.7. The Labute approximate surface area is 306 Å². The molecular formula is C42H50N4O6. The molecule has 0 bridgehead atoms. The molecule has 0 radical (unpaired) electrons. The van der Waals surface area contributed by atoms with E-state index in [0.29, 0.717) is 37.2 Å². The Kier molecular flexibility index (Phi) is 13.4. The van der Waals surface area contributed by atoms with Crippen LogP contribution in [0, 0.1) is 0 Å². The third kappa shape index (κ3) is 10.7. The fourth-order valence-electron chi connectivity index (χ4n) is 6.66. The lowest BCUT2D eigenvalue weighted by Crippen LogP contribution is -2.44. The number of carbonyl (C=O) groups excluding carboxylic acids is 2. The van der Waals surface area contributed by atoms with Gasteiger partial charge in [-0.15, -0.1) is 0 Å². The zero-order chi connectivity index (χ0) is 36.1. The number of hydrogen-bond donors (Lipinski definition) is 4. The first kappa shape index (κ1) is 37.2. The topological polar surface area (TPSA) is 135 Å². The lowest BCUT2D eigenvalue weighted by molar-refractivity contribution is -0.253. The molecule has 52 heavy (non-hydrogen) atoms. The summed E-state index contributed by atoms with van der Waals surface area (Å²) >= 11 is 0. The van der Waals surface area contributed by atoms with E-state index in [9.17, 15) is 14.7 Å². The highest BCUT2D eigenvalue weighted by molar-refractivity contribution is 5.93. The van der Waals surface area contributed by atoms with Gasteiger partial charge < -0.3 is 35.7 Å². The highest BCUT2D eigenvalue weighted by Gasteiger charge is 2.33. The van der Waals surface area contributed by atoms with Gasteiger partial charge in [0.05, 0.1) is 43.4 Å². The number of ether oxygens (including phenoxy) is 3. The number of hydrogen-bond acceptors (Lipinski definition) is 8. The average molecular weight is 707 g/mol. The zero-order valence-electron chi connectivity index (χ0n) is 29.7. The lowest BCUT2D eigenvalue weighted by Gasteiger charge is -2.39. The minimum Gasteiger partial charge on any atom is -0.397 e. The van der Waals surface area contributed by atoms with Gasteiger partial charge in [0.25, 0.3) is 0 Å². The Morgan fingerprint density at radius 1 is 0.769 bits per heavy atom. The minimum atomic E-state index is -0.510. The largest absolute Gasteiger partial charge is 0.397 e. The Morgan fingerprint density at radius 3 is 2.25 bits per heavy atom. The molecule has 3 atom stereocenters. The van der Waals surface area contributed by atoms with E-state index in [0.717, 1.165) is 85.5 Å². The van der Waals surface area contributed by atoms with Crippen LogP contribution in [-0.4, -0.2) is 60.8 Å². The van der Waals surface area contributed by atoms with Crippen molar-refractivity contribution >= 4 is 23.2 Å². The molecule has 4 aromatic rings. The van der Waals surface area contributed by atoms with Gasteiger partial charge in [0.1, 0.15) is 0 Å². The van der Waals surface area contributed by atoms with E-state index >= 15 is 0 Å². The van der Waals surface area contributed by atoms with Gasteiger partial charge in [0.2, 0.25) is 11.8 Å². The maximum Gasteiger partial charge on any atom is 0.224 e. The summed E-state index contributed by atoms with van der Waals surface area (Å²) in [6.45, 7) is 4.55. The van der Waals surface area contributed by atoms with Crippen LogP contribution in [0.25, 0.3) is 11.1 Å². The number of anilines is 2. The highest BCUT2D eigenvalue weighted by atomic mass is 16.7. The van der Waals surface area contributed by atoms with Gasteiger partial charge in [-0.05, 0) is 58.9 Å². The second kappa shape index (κ2) is 18.8. The minimum absolute atomic E-state index is 0.00156. The number of aliphatic hydroxyl groups excluding tert-OH is 1. The zero-order valence-corrected chi connectivity index (χ0v) is 29.7. The number of benzene rings is 4. The van der Waals surface area contributed by atoms with Crippen molar-refractivity contribution in [2.75, 3.05) is 43.9 Å². The van der Waals surface area contributed by atoms with Crippen molar-refractivity contribution in [2.24, 2.45) is 0 Å². The predicted molar refractivity (Wildman–Crippen MR) is 202 cm³/mol. The smallest absolute Gasteiger partial charge is 0.224 e. The summed E-state index contributed by atoms with van der Waals surface area (Å²) in [6.07, 6.45) is 3.14. The monoisotopic (exact) mass is 706 g/mol. The molecule has 10 nitrogen and oxygen atoms in total. The first-order valence-corrected chi connectivity index (χ1v) is 18.3. The van der Waals surface area contributed by atoms with Crippen molar-refractivity contribution in [2.45, 2.75) is 70.2 Å². The SMILES string of the molecule is Nc1ccccc1NC(=O)CCCCCC(=O)NCc1cccc(-c2ccc(C3OC(CN4CCOCC4)CC(c4ccc(CO)cc4)O3)cc2)c1. The van der Waals surface area contributed by atoms with Crippen LogP contribution in [0.5, 0.6) is 0 Å². The van der Waals surface area contributed by atoms with Gasteiger partial charge in [-0.2, -0.15) is 0 Å². The molecule has 3 unspecified atom stereocenters. The molecule has 4 aromatic carbocycles. The van der Waals surface area contributed by atoms with Crippen LogP contribution in [0.15, 0.2) is 97.1 Å². The van der Waals surface area contributed by atoms with Crippen LogP contribution in [0.4, 0.5) is 11.4 Å². The third-order valence-corrected chi connectivity index (χ3v) is 9.66. The number of aliphatic hydroxyl groups is 1. The fourth-order valence-corrected chi connectivity index (χ4v) is 6.66. The molecular weight excluding hydrogens is 656 g/mol. The van der Waals surface area contributed by atoms with Gasteiger partial charge in [-0.1, -0.05) is 85.3 Å². The Morgan fingerprint density at radius 2 is 1.50 bits per heavy atom. The van der Waals surface area contributed by atoms with E-state index in [-0.39, 0.29) is 30.6 Å². The van der Waals surface area contributed by atoms with E-state index in [1.54, 1.807) is 12.1 Å². The molecule has 0 saturated carbocycles. The van der Waals surface area contributed by atoms with E-state index < -0.39 is 6.29 Å². The third-order valence-electron chi connectivity index (χ3n) is 9.66. The number of rotatable bonds is 15. The Hall–Kier alpha value is -4.58. The number of morpholine rings is 1. The molecule has 10 heteroatoms. The molecule has 2 aliphatic rings. The molecule has 274 valence electrons. The van der Waals surface area contributed by atoms with Crippen molar-refractivity contribution in [3.63, 3.8) is 0 Å². The Balaban J connectivity index is 0.990. The number of carbonyl (C=O) groups is 2. The van der Waals surface area contributed by atoms with Crippen molar-refractivity contribution < 1.29 is 28.9 Å². The second-order valence-corrected chi connectivity index (χ2v) is 13.6. The van der Waals surface area contributed by atoms with Crippen LogP contribution in [0.3, 0.4) is 0 Å². The van der Waals surface area contributed by atoms with Crippen LogP contribution in [0.1, 0.15) is 73.2 Å². The summed E-state index contributed by atoms with van der Waals surface area (Å²) in [4.78, 5) is 27.2. The normalized spacial score (nSPS) is 19.2. The number of nitrogens with zero attached hydrogens (tertiary/aromatic N) is 1. The Bertz CT molecular complexity index is 1740. The molecule has 5 N–H and O–H groups in total. The molecule has 0 aliphatic carbocycles. The molecule has 2 fully saturated rings. The molecule has 6 rings (SSSR count). The van der Waals surface area contributed by atoms with Crippen LogP contribution < -0.4 is 16.4 Å². The van der Waals surface area contributed by atoms with Gasteiger partial charge in [0, 0.05) is 51.0 Å². The summed E-state index contributed by atoms with van der Waals surface area (Å²) in [5, 5.41) is 15.4. The fraction of sp³-hybridized carbons (Fsp3) is 0.381. The number of nitrogens with one attached hydrogen (secondary N) is 2. The molecule has 2 amide bonds. The first-order chi connectivity index (χ1) is 25.4. The average Bonchev–Trinajstić information content (AvgIpc) is 3.18. The van der Waals surface area contributed by atoms with Crippen molar-refractivity contribution in [3.05, 3.63) is 119 Å². The number of nitrogen functional groups attached to an aromatic ring is 1. The van der Waals surface area contributed by atoms with Crippen molar-refractivity contribution in [1.29, 1.82) is 0 Å². The van der Waals surface area contributed by atoms with Crippen LogP contribution in [0.2, 0.25) is 0 Å². The number of nitrogens with two attached hydrogens (primary N) is 1. The maximum absolute atomic E-state index is 12.6. The van der Waals surface area contributed by atoms with E-state index in [4.69, 9.17) is 19.9 Å². The highest BCUT2D eigenvalue weighted by Crippen LogP contribution is 2.38. The van der Waals surface area contributed by atoms with Gasteiger partial charge in [-0.25, -0.2) is 0 Å². The molecule has 0 aromatic heterocycles. The summed E-state index contributed by atoms with van der Waals surface area (Å²) in [6, 6.07) is 31.7. The lowest BCUT2D eigenvalue weighted by atomic mass is 9.99.